The highest BCUT2D eigenvalue weighted by Crippen LogP contribution is 2.34. The second-order valence-electron chi connectivity index (χ2n) is 9.62. The summed E-state index contributed by atoms with van der Waals surface area (Å²) >= 11 is 0. The Morgan fingerprint density at radius 1 is 1.24 bits per heavy atom. The lowest BCUT2D eigenvalue weighted by Crippen LogP contribution is -2.50. The first kappa shape index (κ1) is 26.9. The molecular weight excluding hydrogens is 456 g/mol. The molecule has 1 aromatic carbocycles. The van der Waals surface area contributed by atoms with E-state index in [1.54, 1.807) is 26.0 Å². The number of ether oxygens (including phenoxy) is 2. The van der Waals surface area contributed by atoms with Gasteiger partial charge >= 0.3 is 0 Å². The van der Waals surface area contributed by atoms with Crippen molar-refractivity contribution in [3.63, 3.8) is 0 Å². The highest BCUT2D eigenvalue weighted by atomic mass is 32.2. The van der Waals surface area contributed by atoms with Gasteiger partial charge in [-0.3, -0.25) is 0 Å². The maximum atomic E-state index is 13.5. The molecule has 0 spiro atoms. The van der Waals surface area contributed by atoms with Gasteiger partial charge in [-0.05, 0) is 57.9 Å². The van der Waals surface area contributed by atoms with Crippen LogP contribution in [0.2, 0.25) is 0 Å². The Labute approximate surface area is 203 Å². The van der Waals surface area contributed by atoms with E-state index in [1.807, 2.05) is 6.92 Å². The quantitative estimate of drug-likeness (QED) is 0.579. The lowest BCUT2D eigenvalue weighted by Gasteiger charge is -2.38. The molecule has 0 bridgehead atoms. The van der Waals surface area contributed by atoms with Crippen LogP contribution in [0.15, 0.2) is 23.1 Å². The average Bonchev–Trinajstić information content (AvgIpc) is 2.80. The number of nitrogens with zero attached hydrogens (tertiary/aromatic N) is 2. The lowest BCUT2D eigenvalue weighted by molar-refractivity contribution is 0.0402. The molecule has 0 unspecified atom stereocenters. The summed E-state index contributed by atoms with van der Waals surface area (Å²) in [5, 5.41) is 19.3. The van der Waals surface area contributed by atoms with Crippen LogP contribution in [0.4, 0.5) is 0 Å². The smallest absolute Gasteiger partial charge is 0.247 e. The van der Waals surface area contributed by atoms with Crippen LogP contribution in [-0.4, -0.2) is 92.6 Å². The van der Waals surface area contributed by atoms with Crippen molar-refractivity contribution in [1.82, 2.24) is 9.21 Å². The lowest BCUT2D eigenvalue weighted by atomic mass is 9.98. The first-order valence-electron chi connectivity index (χ1n) is 12.0. The molecule has 2 heterocycles. The zero-order valence-electron chi connectivity index (χ0n) is 20.6. The van der Waals surface area contributed by atoms with Gasteiger partial charge < -0.3 is 24.6 Å². The molecule has 2 aliphatic rings. The van der Waals surface area contributed by atoms with Crippen LogP contribution in [0.25, 0.3) is 0 Å². The molecular formula is C25H38N2O6S. The highest BCUT2D eigenvalue weighted by molar-refractivity contribution is 7.89. The van der Waals surface area contributed by atoms with E-state index in [-0.39, 0.29) is 35.8 Å². The Morgan fingerprint density at radius 2 is 1.94 bits per heavy atom. The number of rotatable bonds is 6. The Hall–Kier alpha value is -1.67. The van der Waals surface area contributed by atoms with E-state index in [0.717, 1.165) is 32.6 Å². The number of aliphatic hydroxyl groups is 2. The van der Waals surface area contributed by atoms with Gasteiger partial charge in [-0.1, -0.05) is 18.8 Å². The first-order chi connectivity index (χ1) is 16.1. The van der Waals surface area contributed by atoms with Crippen LogP contribution in [0, 0.1) is 23.7 Å². The molecule has 0 saturated carbocycles. The number of aliphatic hydroxyl groups excluding tert-OH is 2. The Morgan fingerprint density at radius 3 is 2.59 bits per heavy atom. The van der Waals surface area contributed by atoms with Gasteiger partial charge in [0, 0.05) is 50.4 Å². The van der Waals surface area contributed by atoms with Crippen molar-refractivity contribution >= 4 is 10.0 Å². The molecule has 9 heteroatoms. The van der Waals surface area contributed by atoms with Crippen LogP contribution in [-0.2, 0) is 14.8 Å². The summed E-state index contributed by atoms with van der Waals surface area (Å²) in [4.78, 5) is 2.32. The van der Waals surface area contributed by atoms with Crippen molar-refractivity contribution < 1.29 is 28.1 Å². The normalized spacial score (nSPS) is 25.3. The van der Waals surface area contributed by atoms with E-state index < -0.39 is 22.2 Å². The number of sulfonamides is 1. The van der Waals surface area contributed by atoms with Crippen molar-refractivity contribution in [2.45, 2.75) is 56.8 Å². The van der Waals surface area contributed by atoms with Crippen molar-refractivity contribution in [2.24, 2.45) is 11.8 Å². The van der Waals surface area contributed by atoms with Gasteiger partial charge in [-0.15, -0.1) is 0 Å². The van der Waals surface area contributed by atoms with Gasteiger partial charge in [0.05, 0.1) is 6.61 Å². The molecule has 3 rings (SSSR count). The largest absolute Gasteiger partial charge is 0.487 e. The summed E-state index contributed by atoms with van der Waals surface area (Å²) in [6.07, 6.45) is 1.03. The fourth-order valence-corrected chi connectivity index (χ4v) is 6.29. The third-order valence-corrected chi connectivity index (χ3v) is 8.51. The highest BCUT2D eigenvalue weighted by Gasteiger charge is 2.38. The molecule has 0 aromatic heterocycles. The van der Waals surface area contributed by atoms with Crippen molar-refractivity contribution in [2.75, 3.05) is 46.5 Å². The molecule has 0 aliphatic carbocycles. The molecule has 2 aliphatic heterocycles. The zero-order chi connectivity index (χ0) is 24.9. The summed E-state index contributed by atoms with van der Waals surface area (Å²) in [6.45, 7) is 8.41. The van der Waals surface area contributed by atoms with Crippen LogP contribution in [0.3, 0.4) is 0 Å². The van der Waals surface area contributed by atoms with E-state index >= 15 is 0 Å². The number of hydrogen-bond donors (Lipinski definition) is 2. The molecule has 8 nitrogen and oxygen atoms in total. The number of fused-ring (bicyclic) bond motifs is 1. The van der Waals surface area contributed by atoms with E-state index in [2.05, 4.69) is 23.8 Å². The van der Waals surface area contributed by atoms with Gasteiger partial charge in [0.2, 0.25) is 10.0 Å². The minimum absolute atomic E-state index is 0.0689. The Bertz CT molecular complexity index is 981. The van der Waals surface area contributed by atoms with Gasteiger partial charge in [-0.2, -0.15) is 4.31 Å². The van der Waals surface area contributed by atoms with Crippen LogP contribution >= 0.6 is 0 Å². The van der Waals surface area contributed by atoms with Crippen molar-refractivity contribution in [3.8, 4) is 17.6 Å². The maximum absolute atomic E-state index is 13.5. The second-order valence-corrected chi connectivity index (χ2v) is 11.5. The van der Waals surface area contributed by atoms with E-state index in [4.69, 9.17) is 9.47 Å². The summed E-state index contributed by atoms with van der Waals surface area (Å²) in [5.74, 6) is 6.28. The fraction of sp³-hybridized carbons (Fsp3) is 0.680. The van der Waals surface area contributed by atoms with Crippen LogP contribution < -0.4 is 4.74 Å². The minimum Gasteiger partial charge on any atom is -0.487 e. The molecule has 1 fully saturated rings. The summed E-state index contributed by atoms with van der Waals surface area (Å²) in [7, 11) is -1.82. The molecule has 190 valence electrons. The molecule has 0 radical (unpaired) electrons. The predicted octanol–water partition coefficient (Wildman–Crippen LogP) is 1.55. The topological polar surface area (TPSA) is 99.5 Å². The van der Waals surface area contributed by atoms with Crippen molar-refractivity contribution in [3.05, 3.63) is 23.8 Å². The van der Waals surface area contributed by atoms with E-state index in [9.17, 15) is 18.6 Å². The number of hydrogen-bond acceptors (Lipinski definition) is 7. The summed E-state index contributed by atoms with van der Waals surface area (Å²) in [5.41, 5.74) is 0.569. The summed E-state index contributed by atoms with van der Waals surface area (Å²) < 4.78 is 40.3. The predicted molar refractivity (Wildman–Crippen MR) is 130 cm³/mol. The molecule has 0 amide bonds. The third kappa shape index (κ3) is 6.72. The van der Waals surface area contributed by atoms with Crippen LogP contribution in [0.1, 0.15) is 39.2 Å². The number of benzene rings is 1. The molecule has 4 atom stereocenters. The molecule has 1 saturated heterocycles. The average molecular weight is 495 g/mol. The molecule has 1 aromatic rings. The van der Waals surface area contributed by atoms with E-state index in [1.165, 1.54) is 10.4 Å². The van der Waals surface area contributed by atoms with Gasteiger partial charge in [0.1, 0.15) is 22.9 Å². The fourth-order valence-electron chi connectivity index (χ4n) is 4.46. The monoisotopic (exact) mass is 494 g/mol. The minimum atomic E-state index is -3.89. The Kier molecular flexibility index (Phi) is 9.38. The Balaban J connectivity index is 1.94. The number of likely N-dealkylation sites (N-methyl/N-ethyl adjacent to an activating group) is 1. The van der Waals surface area contributed by atoms with E-state index in [0.29, 0.717) is 18.0 Å². The van der Waals surface area contributed by atoms with Gasteiger partial charge in [0.15, 0.2) is 0 Å². The zero-order valence-corrected chi connectivity index (χ0v) is 21.4. The van der Waals surface area contributed by atoms with Crippen LogP contribution in [0.5, 0.6) is 5.75 Å². The molecule has 34 heavy (non-hydrogen) atoms. The first-order valence-corrected chi connectivity index (χ1v) is 13.4. The standard InChI is InChI=1S/C25H38N2O6S/c1-18-14-27(19(2)17-28)34(30,31)25-8-7-21(6-5-20(3)29)13-23(25)33-24(18)16-26(4)15-22-9-11-32-12-10-22/h7-8,13,18-20,22,24,28-29H,9-12,14-17H2,1-4H3/t18-,19-,20+,24+/m0/s1. The van der Waals surface area contributed by atoms with Crippen molar-refractivity contribution in [1.29, 1.82) is 0 Å². The van der Waals surface area contributed by atoms with Gasteiger partial charge in [-0.25, -0.2) is 8.42 Å². The molecule has 2 N–H and O–H groups in total. The third-order valence-electron chi connectivity index (χ3n) is 6.49. The summed E-state index contributed by atoms with van der Waals surface area (Å²) in [6, 6.07) is 4.20. The SMILES string of the molecule is C[C@@H](O)C#Cc1ccc2c(c1)O[C@H](CN(C)CC1CCOCC1)[C@@H](C)CN([C@@H](C)CO)S2(=O)=O. The maximum Gasteiger partial charge on any atom is 0.247 e. The van der Waals surface area contributed by atoms with Gasteiger partial charge in [0.25, 0.3) is 0 Å². The second kappa shape index (κ2) is 11.8.